The SMILES string of the molecule is CCOC(=O)c1ccccc1NC(=O)COC(=O)c1cc[n+]([O-])cc1. The van der Waals surface area contributed by atoms with Gasteiger partial charge in [-0.05, 0) is 19.1 Å². The number of pyridine rings is 1. The van der Waals surface area contributed by atoms with E-state index >= 15 is 0 Å². The van der Waals surface area contributed by atoms with Crippen molar-refractivity contribution in [2.24, 2.45) is 0 Å². The number of nitrogens with one attached hydrogen (secondary N) is 1. The molecule has 0 saturated heterocycles. The Hall–Kier alpha value is -3.42. The van der Waals surface area contributed by atoms with E-state index in [4.69, 9.17) is 9.47 Å². The summed E-state index contributed by atoms with van der Waals surface area (Å²) in [4.78, 5) is 35.6. The zero-order valence-corrected chi connectivity index (χ0v) is 13.4. The van der Waals surface area contributed by atoms with E-state index in [0.717, 1.165) is 12.4 Å². The van der Waals surface area contributed by atoms with Crippen molar-refractivity contribution >= 4 is 23.5 Å². The molecule has 2 rings (SSSR count). The Labute approximate surface area is 143 Å². The van der Waals surface area contributed by atoms with Crippen molar-refractivity contribution in [1.29, 1.82) is 0 Å². The highest BCUT2D eigenvalue weighted by atomic mass is 16.5. The van der Waals surface area contributed by atoms with Gasteiger partial charge < -0.3 is 20.0 Å². The number of carbonyl (C=O) groups excluding carboxylic acids is 3. The fraction of sp³-hybridized carbons (Fsp3) is 0.176. The van der Waals surface area contributed by atoms with E-state index in [1.807, 2.05) is 0 Å². The fourth-order valence-corrected chi connectivity index (χ4v) is 1.93. The summed E-state index contributed by atoms with van der Waals surface area (Å²) in [5.74, 6) is -1.92. The van der Waals surface area contributed by atoms with E-state index in [1.54, 1.807) is 19.1 Å². The summed E-state index contributed by atoms with van der Waals surface area (Å²) >= 11 is 0. The van der Waals surface area contributed by atoms with Crippen LogP contribution in [0, 0.1) is 5.21 Å². The summed E-state index contributed by atoms with van der Waals surface area (Å²) in [5, 5.41) is 13.4. The van der Waals surface area contributed by atoms with Crippen LogP contribution in [0.5, 0.6) is 0 Å². The van der Waals surface area contributed by atoms with Crippen molar-refractivity contribution in [1.82, 2.24) is 0 Å². The number of hydrogen-bond donors (Lipinski definition) is 1. The third-order valence-corrected chi connectivity index (χ3v) is 3.07. The van der Waals surface area contributed by atoms with Crippen LogP contribution in [0.15, 0.2) is 48.8 Å². The largest absolute Gasteiger partial charge is 0.619 e. The summed E-state index contributed by atoms with van der Waals surface area (Å²) in [6, 6.07) is 8.90. The molecule has 0 bridgehead atoms. The Morgan fingerprint density at radius 1 is 1.04 bits per heavy atom. The fourth-order valence-electron chi connectivity index (χ4n) is 1.93. The Bertz CT molecular complexity index is 773. The molecule has 25 heavy (non-hydrogen) atoms. The molecule has 1 N–H and O–H groups in total. The topological polar surface area (TPSA) is 109 Å². The standard InChI is InChI=1S/C17H16N2O6/c1-2-24-17(22)13-5-3-4-6-14(13)18-15(20)11-25-16(21)12-7-9-19(23)10-8-12/h3-10H,2,11H2,1H3,(H,18,20). The van der Waals surface area contributed by atoms with E-state index < -0.39 is 24.5 Å². The van der Waals surface area contributed by atoms with Gasteiger partial charge in [0.05, 0.1) is 23.4 Å². The lowest BCUT2D eigenvalue weighted by Gasteiger charge is -2.10. The van der Waals surface area contributed by atoms with Crippen molar-refractivity contribution in [3.8, 4) is 0 Å². The smallest absolute Gasteiger partial charge is 0.340 e. The molecule has 0 aliphatic heterocycles. The van der Waals surface area contributed by atoms with Crippen molar-refractivity contribution in [2.45, 2.75) is 6.92 Å². The Balaban J connectivity index is 1.95. The minimum absolute atomic E-state index is 0.145. The number of esters is 2. The maximum absolute atomic E-state index is 11.9. The van der Waals surface area contributed by atoms with Crippen LogP contribution in [0.4, 0.5) is 5.69 Å². The van der Waals surface area contributed by atoms with E-state index in [1.165, 1.54) is 24.3 Å². The average Bonchev–Trinajstić information content (AvgIpc) is 2.61. The van der Waals surface area contributed by atoms with Crippen LogP contribution in [0.1, 0.15) is 27.6 Å². The van der Waals surface area contributed by atoms with Crippen molar-refractivity contribution in [3.63, 3.8) is 0 Å². The lowest BCUT2D eigenvalue weighted by Crippen LogP contribution is -2.25. The molecule has 1 aromatic heterocycles. The number of aromatic nitrogens is 1. The predicted molar refractivity (Wildman–Crippen MR) is 86.7 cm³/mol. The average molecular weight is 344 g/mol. The third kappa shape index (κ3) is 5.03. The molecule has 0 saturated carbocycles. The zero-order valence-electron chi connectivity index (χ0n) is 13.4. The molecule has 0 aliphatic carbocycles. The predicted octanol–water partition coefficient (Wildman–Crippen LogP) is 1.29. The van der Waals surface area contributed by atoms with Gasteiger partial charge in [0.15, 0.2) is 19.0 Å². The van der Waals surface area contributed by atoms with Crippen LogP contribution in [-0.2, 0) is 14.3 Å². The second kappa shape index (κ2) is 8.44. The summed E-state index contributed by atoms with van der Waals surface area (Å²) in [7, 11) is 0. The lowest BCUT2D eigenvalue weighted by atomic mass is 10.2. The van der Waals surface area contributed by atoms with Gasteiger partial charge >= 0.3 is 11.9 Å². The highest BCUT2D eigenvalue weighted by molar-refractivity contribution is 6.02. The number of benzene rings is 1. The van der Waals surface area contributed by atoms with E-state index in [9.17, 15) is 19.6 Å². The normalized spacial score (nSPS) is 9.96. The molecule has 0 spiro atoms. The number of nitrogens with zero attached hydrogens (tertiary/aromatic N) is 1. The monoisotopic (exact) mass is 344 g/mol. The molecule has 2 aromatic rings. The molecular weight excluding hydrogens is 328 g/mol. The molecule has 8 nitrogen and oxygen atoms in total. The Morgan fingerprint density at radius 3 is 2.40 bits per heavy atom. The maximum atomic E-state index is 11.9. The van der Waals surface area contributed by atoms with Crippen LogP contribution < -0.4 is 10.0 Å². The van der Waals surface area contributed by atoms with Crippen LogP contribution >= 0.6 is 0 Å². The molecule has 0 radical (unpaired) electrons. The molecule has 130 valence electrons. The number of anilines is 1. The first-order chi connectivity index (χ1) is 12.0. The Morgan fingerprint density at radius 2 is 1.72 bits per heavy atom. The molecule has 1 heterocycles. The number of amides is 1. The van der Waals surface area contributed by atoms with E-state index in [0.29, 0.717) is 4.73 Å². The third-order valence-electron chi connectivity index (χ3n) is 3.07. The number of ether oxygens (including phenoxy) is 2. The van der Waals surface area contributed by atoms with E-state index in [2.05, 4.69) is 5.32 Å². The maximum Gasteiger partial charge on any atom is 0.340 e. The van der Waals surface area contributed by atoms with Gasteiger partial charge in [-0.1, -0.05) is 12.1 Å². The van der Waals surface area contributed by atoms with Gasteiger partial charge in [0.25, 0.3) is 5.91 Å². The van der Waals surface area contributed by atoms with Gasteiger partial charge in [0.1, 0.15) is 0 Å². The van der Waals surface area contributed by atoms with Crippen LogP contribution in [0.3, 0.4) is 0 Å². The first-order valence-electron chi connectivity index (χ1n) is 7.43. The van der Waals surface area contributed by atoms with Crippen molar-refractivity contribution < 1.29 is 28.6 Å². The van der Waals surface area contributed by atoms with Gasteiger partial charge in [0.2, 0.25) is 0 Å². The molecular formula is C17H16N2O6. The molecule has 8 heteroatoms. The van der Waals surface area contributed by atoms with Gasteiger partial charge in [-0.15, -0.1) is 0 Å². The van der Waals surface area contributed by atoms with Crippen LogP contribution in [0.25, 0.3) is 0 Å². The van der Waals surface area contributed by atoms with Gasteiger partial charge in [0, 0.05) is 12.1 Å². The minimum atomic E-state index is -0.741. The van der Waals surface area contributed by atoms with Crippen molar-refractivity contribution in [3.05, 3.63) is 65.1 Å². The van der Waals surface area contributed by atoms with Gasteiger partial charge in [-0.25, -0.2) is 9.59 Å². The van der Waals surface area contributed by atoms with Gasteiger partial charge in [-0.3, -0.25) is 4.79 Å². The summed E-state index contributed by atoms with van der Waals surface area (Å²) < 4.78 is 10.3. The summed E-state index contributed by atoms with van der Waals surface area (Å²) in [6.45, 7) is 1.35. The first-order valence-corrected chi connectivity index (χ1v) is 7.43. The second-order valence-corrected chi connectivity index (χ2v) is 4.84. The zero-order chi connectivity index (χ0) is 18.2. The molecule has 0 aliphatic rings. The van der Waals surface area contributed by atoms with Crippen LogP contribution in [-0.4, -0.2) is 31.1 Å². The first kappa shape index (κ1) is 17.9. The molecule has 0 fully saturated rings. The highest BCUT2D eigenvalue weighted by Gasteiger charge is 2.15. The number of hydrogen-bond acceptors (Lipinski definition) is 6. The second-order valence-electron chi connectivity index (χ2n) is 4.84. The molecule has 0 unspecified atom stereocenters. The summed E-state index contributed by atoms with van der Waals surface area (Å²) in [6.07, 6.45) is 2.29. The molecule has 1 aromatic carbocycles. The van der Waals surface area contributed by atoms with Crippen molar-refractivity contribution in [2.75, 3.05) is 18.5 Å². The Kier molecular flexibility index (Phi) is 6.05. The number of rotatable bonds is 6. The number of carbonyl (C=O) groups is 3. The summed E-state index contributed by atoms with van der Waals surface area (Å²) in [5.41, 5.74) is 0.605. The minimum Gasteiger partial charge on any atom is -0.619 e. The van der Waals surface area contributed by atoms with E-state index in [-0.39, 0.29) is 23.4 Å². The highest BCUT2D eigenvalue weighted by Crippen LogP contribution is 2.16. The quantitative estimate of drug-likeness (QED) is 0.480. The molecule has 0 atom stereocenters. The molecule has 1 amide bonds. The van der Waals surface area contributed by atoms with Crippen LogP contribution in [0.2, 0.25) is 0 Å². The van der Waals surface area contributed by atoms with Gasteiger partial charge in [-0.2, -0.15) is 4.73 Å². The number of para-hydroxylation sites is 1. The lowest BCUT2D eigenvalue weighted by molar-refractivity contribution is -0.605.